The molecule has 0 aliphatic heterocycles. The summed E-state index contributed by atoms with van der Waals surface area (Å²) in [7, 11) is 1.97. The molecule has 29 heavy (non-hydrogen) atoms. The number of benzene rings is 2. The summed E-state index contributed by atoms with van der Waals surface area (Å²) < 4.78 is 7.96. The number of hydrogen-bond donors (Lipinski definition) is 0. The molecule has 0 saturated heterocycles. The summed E-state index contributed by atoms with van der Waals surface area (Å²) in [4.78, 5) is 4.74. The van der Waals surface area contributed by atoms with E-state index in [0.29, 0.717) is 6.61 Å². The predicted octanol–water partition coefficient (Wildman–Crippen LogP) is 5.43. The van der Waals surface area contributed by atoms with Crippen molar-refractivity contribution in [3.63, 3.8) is 0 Å². The Balaban J connectivity index is 1.38. The van der Waals surface area contributed by atoms with E-state index in [1.54, 1.807) is 23.1 Å². The molecule has 0 N–H and O–H groups in total. The molecule has 0 atom stereocenters. The zero-order valence-electron chi connectivity index (χ0n) is 16.6. The first-order valence-corrected chi connectivity index (χ1v) is 11.2. The molecule has 0 aliphatic rings. The lowest BCUT2D eigenvalue weighted by molar-refractivity contribution is 0.288. The Morgan fingerprint density at radius 1 is 1.07 bits per heavy atom. The molecule has 0 aliphatic carbocycles. The standard InChI is InChI=1S/C22H22N4OS2/c1-15-9-10-16(2)19(11-15)27-12-20-24-25-22(26(20)3)29-14-18-13-28-21(23-18)17-7-5-4-6-8-17/h4-11,13H,12,14H2,1-3H3. The molecular formula is C22H22N4OS2. The Labute approximate surface area is 178 Å². The number of thiazole rings is 1. The average molecular weight is 423 g/mol. The first-order valence-electron chi connectivity index (χ1n) is 9.31. The first kappa shape index (κ1) is 19.7. The molecule has 0 unspecified atom stereocenters. The molecular weight excluding hydrogens is 400 g/mol. The van der Waals surface area contributed by atoms with E-state index in [4.69, 9.17) is 9.72 Å². The summed E-state index contributed by atoms with van der Waals surface area (Å²) in [6.07, 6.45) is 0. The molecule has 0 radical (unpaired) electrons. The van der Waals surface area contributed by atoms with Gasteiger partial charge >= 0.3 is 0 Å². The lowest BCUT2D eigenvalue weighted by Gasteiger charge is -2.09. The van der Waals surface area contributed by atoms with E-state index in [1.165, 1.54) is 5.56 Å². The largest absolute Gasteiger partial charge is 0.485 e. The van der Waals surface area contributed by atoms with Crippen molar-refractivity contribution in [1.29, 1.82) is 0 Å². The Morgan fingerprint density at radius 2 is 1.90 bits per heavy atom. The maximum absolute atomic E-state index is 5.97. The Morgan fingerprint density at radius 3 is 2.72 bits per heavy atom. The van der Waals surface area contributed by atoms with Crippen LogP contribution < -0.4 is 4.74 Å². The highest BCUT2D eigenvalue weighted by atomic mass is 32.2. The van der Waals surface area contributed by atoms with Gasteiger partial charge in [-0.1, -0.05) is 54.2 Å². The molecule has 2 heterocycles. The molecule has 0 spiro atoms. The van der Waals surface area contributed by atoms with Crippen LogP contribution in [0.25, 0.3) is 10.6 Å². The normalized spacial score (nSPS) is 11.0. The van der Waals surface area contributed by atoms with E-state index in [-0.39, 0.29) is 0 Å². The van der Waals surface area contributed by atoms with Crippen LogP contribution in [0.5, 0.6) is 5.75 Å². The van der Waals surface area contributed by atoms with E-state index in [1.807, 2.05) is 42.8 Å². The number of aromatic nitrogens is 4. The summed E-state index contributed by atoms with van der Waals surface area (Å²) >= 11 is 3.30. The van der Waals surface area contributed by atoms with Gasteiger partial charge in [-0.2, -0.15) is 0 Å². The Kier molecular flexibility index (Phi) is 5.97. The Bertz CT molecular complexity index is 1110. The monoisotopic (exact) mass is 422 g/mol. The smallest absolute Gasteiger partial charge is 0.191 e. The van der Waals surface area contributed by atoms with Gasteiger partial charge in [0, 0.05) is 23.7 Å². The van der Waals surface area contributed by atoms with E-state index in [9.17, 15) is 0 Å². The van der Waals surface area contributed by atoms with Gasteiger partial charge in [0.25, 0.3) is 0 Å². The molecule has 148 valence electrons. The highest BCUT2D eigenvalue weighted by molar-refractivity contribution is 7.98. The maximum Gasteiger partial charge on any atom is 0.191 e. The number of thioether (sulfide) groups is 1. The van der Waals surface area contributed by atoms with Gasteiger partial charge < -0.3 is 9.30 Å². The molecule has 4 aromatic rings. The number of rotatable bonds is 7. The van der Waals surface area contributed by atoms with Gasteiger partial charge in [0.05, 0.1) is 5.69 Å². The minimum Gasteiger partial charge on any atom is -0.485 e. The third kappa shape index (κ3) is 4.68. The SMILES string of the molecule is Cc1ccc(C)c(OCc2nnc(SCc3csc(-c4ccccc4)n3)n2C)c1. The Hall–Kier alpha value is -2.64. The van der Waals surface area contributed by atoms with Crippen LogP contribution in [0.3, 0.4) is 0 Å². The van der Waals surface area contributed by atoms with Crippen molar-refractivity contribution in [1.82, 2.24) is 19.7 Å². The van der Waals surface area contributed by atoms with Crippen LogP contribution in [-0.4, -0.2) is 19.7 Å². The van der Waals surface area contributed by atoms with Crippen molar-refractivity contribution in [3.8, 4) is 16.3 Å². The van der Waals surface area contributed by atoms with E-state index in [0.717, 1.165) is 44.3 Å². The third-order valence-electron chi connectivity index (χ3n) is 4.55. The molecule has 2 aromatic carbocycles. The van der Waals surface area contributed by atoms with E-state index in [2.05, 4.69) is 46.8 Å². The summed E-state index contributed by atoms with van der Waals surface area (Å²) in [5, 5.41) is 12.6. The minimum atomic E-state index is 0.392. The van der Waals surface area contributed by atoms with Crippen LogP contribution >= 0.6 is 23.1 Å². The molecule has 4 rings (SSSR count). The van der Waals surface area contributed by atoms with Gasteiger partial charge in [-0.15, -0.1) is 21.5 Å². The molecule has 0 bridgehead atoms. The second kappa shape index (κ2) is 8.80. The zero-order valence-corrected chi connectivity index (χ0v) is 18.3. The molecule has 2 aromatic heterocycles. The van der Waals surface area contributed by atoms with Crippen LogP contribution in [0.2, 0.25) is 0 Å². The maximum atomic E-state index is 5.97. The molecule has 7 heteroatoms. The van der Waals surface area contributed by atoms with Crippen LogP contribution in [0.15, 0.2) is 59.1 Å². The lowest BCUT2D eigenvalue weighted by Crippen LogP contribution is -2.05. The molecule has 0 amide bonds. The predicted molar refractivity (Wildman–Crippen MR) is 118 cm³/mol. The van der Waals surface area contributed by atoms with Gasteiger partial charge in [0.1, 0.15) is 17.4 Å². The first-order chi connectivity index (χ1) is 14.1. The summed E-state index contributed by atoms with van der Waals surface area (Å²) in [6.45, 7) is 4.50. The van der Waals surface area contributed by atoms with Crippen molar-refractivity contribution >= 4 is 23.1 Å². The van der Waals surface area contributed by atoms with Gasteiger partial charge in [-0.25, -0.2) is 4.98 Å². The second-order valence-electron chi connectivity index (χ2n) is 6.81. The quantitative estimate of drug-likeness (QED) is 0.372. The van der Waals surface area contributed by atoms with E-state index < -0.39 is 0 Å². The lowest BCUT2D eigenvalue weighted by atomic mass is 10.1. The van der Waals surface area contributed by atoms with Crippen molar-refractivity contribution in [2.45, 2.75) is 31.4 Å². The summed E-state index contributed by atoms with van der Waals surface area (Å²) in [6, 6.07) is 16.5. The van der Waals surface area contributed by atoms with Crippen molar-refractivity contribution < 1.29 is 4.74 Å². The van der Waals surface area contributed by atoms with Crippen LogP contribution in [-0.2, 0) is 19.4 Å². The zero-order chi connectivity index (χ0) is 20.2. The van der Waals surface area contributed by atoms with Gasteiger partial charge in [0.15, 0.2) is 11.0 Å². The van der Waals surface area contributed by atoms with Gasteiger partial charge in [-0.05, 0) is 31.0 Å². The van der Waals surface area contributed by atoms with Crippen molar-refractivity contribution in [3.05, 3.63) is 76.6 Å². The number of hydrogen-bond acceptors (Lipinski definition) is 6. The van der Waals surface area contributed by atoms with Crippen LogP contribution in [0.4, 0.5) is 0 Å². The third-order valence-corrected chi connectivity index (χ3v) is 6.54. The molecule has 0 fully saturated rings. The van der Waals surface area contributed by atoms with Crippen molar-refractivity contribution in [2.75, 3.05) is 0 Å². The fraction of sp³-hybridized carbons (Fsp3) is 0.227. The highest BCUT2D eigenvalue weighted by Crippen LogP contribution is 2.27. The number of nitrogens with zero attached hydrogens (tertiary/aromatic N) is 4. The molecule has 0 saturated carbocycles. The summed E-state index contributed by atoms with van der Waals surface area (Å²) in [5.41, 5.74) is 4.50. The van der Waals surface area contributed by atoms with Crippen LogP contribution in [0.1, 0.15) is 22.6 Å². The van der Waals surface area contributed by atoms with Crippen molar-refractivity contribution in [2.24, 2.45) is 7.05 Å². The fourth-order valence-corrected chi connectivity index (χ4v) is 4.58. The van der Waals surface area contributed by atoms with Gasteiger partial charge in [-0.3, -0.25) is 0 Å². The number of ether oxygens (including phenoxy) is 1. The second-order valence-corrected chi connectivity index (χ2v) is 8.61. The summed E-state index contributed by atoms with van der Waals surface area (Å²) in [5.74, 6) is 2.45. The average Bonchev–Trinajstić information content (AvgIpc) is 3.35. The minimum absolute atomic E-state index is 0.392. The topological polar surface area (TPSA) is 52.8 Å². The molecule has 5 nitrogen and oxygen atoms in total. The van der Waals surface area contributed by atoms with E-state index >= 15 is 0 Å². The highest BCUT2D eigenvalue weighted by Gasteiger charge is 2.12. The number of aryl methyl sites for hydroxylation is 2. The van der Waals surface area contributed by atoms with Gasteiger partial charge in [0.2, 0.25) is 0 Å². The fourth-order valence-electron chi connectivity index (χ4n) is 2.83. The van der Waals surface area contributed by atoms with Crippen LogP contribution in [0, 0.1) is 13.8 Å².